The molecule has 1 amide bonds. The molecule has 2 aromatic carbocycles. The molecule has 4 rings (SSSR count). The minimum atomic E-state index is -0.453. The van der Waals surface area contributed by atoms with Gasteiger partial charge < -0.3 is 9.73 Å². The average Bonchev–Trinajstić information content (AvgIpc) is 3.30. The molecule has 0 unspecified atom stereocenters. The van der Waals surface area contributed by atoms with Gasteiger partial charge in [-0.3, -0.25) is 19.8 Å². The minimum Gasteiger partial charge on any atom is -0.419 e. The highest BCUT2D eigenvalue weighted by molar-refractivity contribution is 5.92. The van der Waals surface area contributed by atoms with Crippen LogP contribution in [0.3, 0.4) is 0 Å². The summed E-state index contributed by atoms with van der Waals surface area (Å²) in [6.45, 7) is 3.42. The second-order valence-electron chi connectivity index (χ2n) is 7.61. The Morgan fingerprint density at radius 2 is 1.94 bits per heavy atom. The Bertz CT molecular complexity index is 1050. The number of nitro benzene ring substituents is 1. The number of carbonyl (C=O) groups excluding carboxylic acids is 1. The van der Waals surface area contributed by atoms with Crippen molar-refractivity contribution in [2.45, 2.75) is 25.8 Å². The first-order valence-electron chi connectivity index (χ1n) is 10.2. The summed E-state index contributed by atoms with van der Waals surface area (Å²) in [6, 6.07) is 15.3. The van der Waals surface area contributed by atoms with Gasteiger partial charge in [0.2, 0.25) is 17.7 Å². The smallest absolute Gasteiger partial charge is 0.269 e. The van der Waals surface area contributed by atoms with Gasteiger partial charge in [0.1, 0.15) is 0 Å². The van der Waals surface area contributed by atoms with Crippen molar-refractivity contribution in [2.24, 2.45) is 5.92 Å². The first-order chi connectivity index (χ1) is 15.0. The molecule has 3 aromatic rings. The summed E-state index contributed by atoms with van der Waals surface area (Å²) >= 11 is 0. The number of aromatic nitrogens is 2. The molecular weight excluding hydrogens is 398 g/mol. The first kappa shape index (κ1) is 20.7. The summed E-state index contributed by atoms with van der Waals surface area (Å²) in [5.74, 6) is 0.665. The highest BCUT2D eigenvalue weighted by Crippen LogP contribution is 2.29. The lowest BCUT2D eigenvalue weighted by molar-refractivity contribution is -0.384. The number of nitrogens with one attached hydrogen (secondary N) is 1. The van der Waals surface area contributed by atoms with Gasteiger partial charge in [-0.05, 0) is 50.6 Å². The number of benzene rings is 2. The van der Waals surface area contributed by atoms with E-state index < -0.39 is 4.92 Å². The maximum absolute atomic E-state index is 12.7. The van der Waals surface area contributed by atoms with Gasteiger partial charge >= 0.3 is 0 Å². The van der Waals surface area contributed by atoms with Crippen molar-refractivity contribution in [3.63, 3.8) is 0 Å². The van der Waals surface area contributed by atoms with Crippen molar-refractivity contribution in [1.82, 2.24) is 15.1 Å². The van der Waals surface area contributed by atoms with Crippen molar-refractivity contribution in [1.29, 1.82) is 0 Å². The Balaban J connectivity index is 1.41. The van der Waals surface area contributed by atoms with Crippen molar-refractivity contribution < 1.29 is 14.1 Å². The fraction of sp³-hybridized carbons (Fsp3) is 0.318. The number of nitro groups is 1. The summed E-state index contributed by atoms with van der Waals surface area (Å²) in [5.41, 5.74) is 1.42. The van der Waals surface area contributed by atoms with E-state index in [1.165, 1.54) is 12.1 Å². The van der Waals surface area contributed by atoms with Crippen LogP contribution in [0.4, 0.5) is 11.4 Å². The number of amides is 1. The quantitative estimate of drug-likeness (QED) is 0.471. The lowest BCUT2D eigenvalue weighted by Crippen LogP contribution is -2.41. The minimum absolute atomic E-state index is 0.00462. The number of rotatable bonds is 6. The molecule has 1 aliphatic rings. The maximum atomic E-state index is 12.7. The highest BCUT2D eigenvalue weighted by atomic mass is 16.6. The predicted octanol–water partition coefficient (Wildman–Crippen LogP) is 4.06. The van der Waals surface area contributed by atoms with E-state index in [4.69, 9.17) is 4.42 Å². The lowest BCUT2D eigenvalue weighted by Gasteiger charge is -2.34. The van der Waals surface area contributed by atoms with E-state index >= 15 is 0 Å². The SMILES string of the molecule is C[C@H](c1nnc(-c2ccc([N+](=O)[O-])cc2)o1)N1CCC[C@@H](C(=O)Nc2ccccc2)C1. The van der Waals surface area contributed by atoms with Crippen LogP contribution in [0.1, 0.15) is 31.7 Å². The third kappa shape index (κ3) is 4.77. The van der Waals surface area contributed by atoms with E-state index in [9.17, 15) is 14.9 Å². The molecule has 9 nitrogen and oxygen atoms in total. The number of hydrogen-bond acceptors (Lipinski definition) is 7. The molecule has 160 valence electrons. The number of nitrogens with zero attached hydrogens (tertiary/aromatic N) is 4. The summed E-state index contributed by atoms with van der Waals surface area (Å²) < 4.78 is 5.84. The standard InChI is InChI=1S/C22H23N5O4/c1-15(21-24-25-22(31-21)16-9-11-19(12-10-16)27(29)30)26-13-5-6-17(14-26)20(28)23-18-7-3-2-4-8-18/h2-4,7-12,15,17H,5-6,13-14H2,1H3,(H,23,28)/t15-,17-/m1/s1. The van der Waals surface area contributed by atoms with Gasteiger partial charge in [-0.1, -0.05) is 18.2 Å². The normalized spacial score (nSPS) is 17.8. The van der Waals surface area contributed by atoms with Crippen LogP contribution in [-0.4, -0.2) is 39.0 Å². The topological polar surface area (TPSA) is 114 Å². The molecule has 1 aliphatic heterocycles. The summed E-state index contributed by atoms with van der Waals surface area (Å²) in [4.78, 5) is 25.2. The number of non-ortho nitro benzene ring substituents is 1. The molecule has 31 heavy (non-hydrogen) atoms. The van der Waals surface area contributed by atoms with Gasteiger partial charge in [0.15, 0.2) is 0 Å². The first-order valence-corrected chi connectivity index (χ1v) is 10.2. The molecule has 0 saturated carbocycles. The fourth-order valence-corrected chi connectivity index (χ4v) is 3.74. The number of hydrogen-bond donors (Lipinski definition) is 1. The number of carbonyl (C=O) groups is 1. The average molecular weight is 421 g/mol. The van der Waals surface area contributed by atoms with Gasteiger partial charge in [-0.15, -0.1) is 10.2 Å². The van der Waals surface area contributed by atoms with Crippen LogP contribution in [-0.2, 0) is 4.79 Å². The van der Waals surface area contributed by atoms with Crippen molar-refractivity contribution in [2.75, 3.05) is 18.4 Å². The number of anilines is 1. The van der Waals surface area contributed by atoms with Gasteiger partial charge in [-0.25, -0.2) is 0 Å². The molecule has 1 N–H and O–H groups in total. The molecule has 0 spiro atoms. The van der Waals surface area contributed by atoms with Crippen molar-refractivity contribution in [3.8, 4) is 11.5 Å². The van der Waals surface area contributed by atoms with Crippen LogP contribution in [0.25, 0.3) is 11.5 Å². The Labute approximate surface area is 179 Å². The van der Waals surface area contributed by atoms with E-state index in [0.717, 1.165) is 25.1 Å². The van der Waals surface area contributed by atoms with Gasteiger partial charge in [0, 0.05) is 29.9 Å². The monoisotopic (exact) mass is 421 g/mol. The Kier molecular flexibility index (Phi) is 6.03. The zero-order valence-electron chi connectivity index (χ0n) is 17.1. The molecule has 1 fully saturated rings. The van der Waals surface area contributed by atoms with Crippen molar-refractivity contribution in [3.05, 3.63) is 70.6 Å². The maximum Gasteiger partial charge on any atom is 0.269 e. The summed E-state index contributed by atoms with van der Waals surface area (Å²) in [5, 5.41) is 22.1. The molecule has 0 aliphatic carbocycles. The zero-order valence-corrected chi connectivity index (χ0v) is 17.1. The molecule has 1 saturated heterocycles. The van der Waals surface area contributed by atoms with Crippen LogP contribution in [0.5, 0.6) is 0 Å². The van der Waals surface area contributed by atoms with Gasteiger partial charge in [0.25, 0.3) is 5.69 Å². The zero-order chi connectivity index (χ0) is 21.8. The highest BCUT2D eigenvalue weighted by Gasteiger charge is 2.31. The number of piperidine rings is 1. The second-order valence-corrected chi connectivity index (χ2v) is 7.61. The Hall–Kier alpha value is -3.59. The number of para-hydroxylation sites is 1. The van der Waals surface area contributed by atoms with Crippen LogP contribution >= 0.6 is 0 Å². The summed E-state index contributed by atoms with van der Waals surface area (Å²) in [6.07, 6.45) is 1.74. The van der Waals surface area contributed by atoms with Crippen LogP contribution in [0.15, 0.2) is 59.0 Å². The van der Waals surface area contributed by atoms with Gasteiger partial charge in [-0.2, -0.15) is 0 Å². The molecule has 0 bridgehead atoms. The van der Waals surface area contributed by atoms with Crippen LogP contribution in [0.2, 0.25) is 0 Å². The predicted molar refractivity (Wildman–Crippen MR) is 114 cm³/mol. The Morgan fingerprint density at radius 3 is 2.65 bits per heavy atom. The van der Waals surface area contributed by atoms with Crippen molar-refractivity contribution >= 4 is 17.3 Å². The molecule has 2 heterocycles. The third-order valence-corrected chi connectivity index (χ3v) is 5.54. The molecule has 2 atom stereocenters. The van der Waals surface area contributed by atoms with Crippen LogP contribution < -0.4 is 5.32 Å². The molecule has 0 radical (unpaired) electrons. The van der Waals surface area contributed by atoms with Crippen LogP contribution in [0, 0.1) is 16.0 Å². The number of likely N-dealkylation sites (tertiary alicyclic amines) is 1. The third-order valence-electron chi connectivity index (χ3n) is 5.54. The van der Waals surface area contributed by atoms with E-state index in [-0.39, 0.29) is 23.6 Å². The molecular formula is C22H23N5O4. The van der Waals surface area contributed by atoms with E-state index in [1.807, 2.05) is 37.3 Å². The van der Waals surface area contributed by atoms with E-state index in [0.29, 0.717) is 23.9 Å². The second kappa shape index (κ2) is 9.05. The largest absolute Gasteiger partial charge is 0.419 e. The lowest BCUT2D eigenvalue weighted by atomic mass is 9.96. The Morgan fingerprint density at radius 1 is 1.19 bits per heavy atom. The molecule has 1 aromatic heterocycles. The van der Waals surface area contributed by atoms with Gasteiger partial charge in [0.05, 0.1) is 16.9 Å². The molecule has 9 heteroatoms. The van der Waals surface area contributed by atoms with E-state index in [1.54, 1.807) is 12.1 Å². The van der Waals surface area contributed by atoms with E-state index in [2.05, 4.69) is 20.4 Å². The summed E-state index contributed by atoms with van der Waals surface area (Å²) in [7, 11) is 0. The fourth-order valence-electron chi connectivity index (χ4n) is 3.74.